The monoisotopic (exact) mass is 310 g/mol. The first kappa shape index (κ1) is 16.5. The number of rotatable bonds is 5. The summed E-state index contributed by atoms with van der Waals surface area (Å²) in [5.74, 6) is 1.00. The van der Waals surface area contributed by atoms with Gasteiger partial charge in [-0.15, -0.1) is 0 Å². The summed E-state index contributed by atoms with van der Waals surface area (Å²) in [5.41, 5.74) is 0.852. The molecule has 1 saturated heterocycles. The van der Waals surface area contributed by atoms with Crippen LogP contribution in [0.1, 0.15) is 32.8 Å². The molecule has 1 aliphatic rings. The molecular weight excluding hydrogens is 284 g/mol. The van der Waals surface area contributed by atoms with Gasteiger partial charge < -0.3 is 5.32 Å². The van der Waals surface area contributed by atoms with E-state index in [1.54, 1.807) is 16.4 Å². The van der Waals surface area contributed by atoms with Crippen LogP contribution in [0.4, 0.5) is 0 Å². The molecule has 1 fully saturated rings. The fourth-order valence-corrected chi connectivity index (χ4v) is 4.52. The highest BCUT2D eigenvalue weighted by Gasteiger charge is 2.32. The summed E-state index contributed by atoms with van der Waals surface area (Å²) in [6.45, 7) is 9.02. The van der Waals surface area contributed by atoms with E-state index in [9.17, 15) is 8.42 Å². The minimum atomic E-state index is -3.39. The molecule has 4 nitrogen and oxygen atoms in total. The van der Waals surface area contributed by atoms with E-state index in [1.165, 1.54) is 0 Å². The van der Waals surface area contributed by atoms with Gasteiger partial charge in [-0.3, -0.25) is 0 Å². The summed E-state index contributed by atoms with van der Waals surface area (Å²) >= 11 is 0. The number of sulfonamides is 1. The fraction of sp³-hybridized carbons (Fsp3) is 0.625. The molecule has 1 N–H and O–H groups in total. The zero-order valence-corrected chi connectivity index (χ0v) is 14.0. The molecular formula is C16H26N2O2S. The van der Waals surface area contributed by atoms with E-state index in [4.69, 9.17) is 0 Å². The van der Waals surface area contributed by atoms with Crippen molar-refractivity contribution in [3.8, 4) is 0 Å². The molecule has 0 radical (unpaired) electrons. The van der Waals surface area contributed by atoms with Gasteiger partial charge in [0.2, 0.25) is 10.0 Å². The van der Waals surface area contributed by atoms with Crippen molar-refractivity contribution in [2.24, 2.45) is 11.8 Å². The average Bonchev–Trinajstić information content (AvgIpc) is 2.48. The maximum atomic E-state index is 12.9. The van der Waals surface area contributed by atoms with Crippen LogP contribution in [0.2, 0.25) is 0 Å². The smallest absolute Gasteiger partial charge is 0.243 e. The Morgan fingerprint density at radius 3 is 2.62 bits per heavy atom. The van der Waals surface area contributed by atoms with Gasteiger partial charge in [0.05, 0.1) is 4.90 Å². The molecule has 2 unspecified atom stereocenters. The van der Waals surface area contributed by atoms with E-state index in [1.807, 2.05) is 19.1 Å². The van der Waals surface area contributed by atoms with Gasteiger partial charge in [-0.25, -0.2) is 8.42 Å². The lowest BCUT2D eigenvalue weighted by Gasteiger charge is -2.34. The van der Waals surface area contributed by atoms with Crippen LogP contribution in [-0.2, 0) is 16.6 Å². The van der Waals surface area contributed by atoms with E-state index in [0.29, 0.717) is 36.4 Å². The minimum absolute atomic E-state index is 0.412. The summed E-state index contributed by atoms with van der Waals surface area (Å²) in [7, 11) is -3.39. The van der Waals surface area contributed by atoms with Crippen molar-refractivity contribution < 1.29 is 8.42 Å². The number of hydrogen-bond donors (Lipinski definition) is 1. The van der Waals surface area contributed by atoms with E-state index in [0.717, 1.165) is 18.5 Å². The fourth-order valence-electron chi connectivity index (χ4n) is 2.74. The Hall–Kier alpha value is -0.910. The van der Waals surface area contributed by atoms with Crippen LogP contribution in [0.25, 0.3) is 0 Å². The third kappa shape index (κ3) is 3.65. The summed E-state index contributed by atoms with van der Waals surface area (Å²) in [6, 6.07) is 7.32. The molecule has 1 aliphatic heterocycles. The summed E-state index contributed by atoms with van der Waals surface area (Å²) in [4.78, 5) is 0.452. The lowest BCUT2D eigenvalue weighted by molar-refractivity contribution is 0.212. The van der Waals surface area contributed by atoms with Crippen molar-refractivity contribution in [1.29, 1.82) is 0 Å². The number of piperidine rings is 1. The summed E-state index contributed by atoms with van der Waals surface area (Å²) in [5, 5.41) is 3.21. The molecule has 0 saturated carbocycles. The van der Waals surface area contributed by atoms with E-state index in [2.05, 4.69) is 19.2 Å². The zero-order valence-electron chi connectivity index (χ0n) is 13.2. The predicted octanol–water partition coefficient (Wildman–Crippen LogP) is 2.46. The zero-order chi connectivity index (χ0) is 15.5. The maximum absolute atomic E-state index is 12.9. The van der Waals surface area contributed by atoms with Crippen LogP contribution in [-0.4, -0.2) is 32.4 Å². The number of nitrogens with one attached hydrogen (secondary N) is 1. The molecule has 0 amide bonds. The molecule has 21 heavy (non-hydrogen) atoms. The molecule has 118 valence electrons. The number of hydrogen-bond acceptors (Lipinski definition) is 3. The molecule has 1 heterocycles. The molecule has 2 atom stereocenters. The van der Waals surface area contributed by atoms with Crippen molar-refractivity contribution in [2.45, 2.75) is 38.6 Å². The van der Waals surface area contributed by atoms with Gasteiger partial charge in [-0.2, -0.15) is 4.31 Å². The number of nitrogens with zero attached hydrogens (tertiary/aromatic N) is 1. The summed E-state index contributed by atoms with van der Waals surface area (Å²) < 4.78 is 27.5. The van der Waals surface area contributed by atoms with E-state index < -0.39 is 10.0 Å². The van der Waals surface area contributed by atoms with Gasteiger partial charge in [0, 0.05) is 19.6 Å². The first-order valence-electron chi connectivity index (χ1n) is 7.75. The second-order valence-electron chi connectivity index (χ2n) is 5.99. The molecule has 0 bridgehead atoms. The third-order valence-corrected chi connectivity index (χ3v) is 6.42. The quantitative estimate of drug-likeness (QED) is 0.909. The van der Waals surface area contributed by atoms with Crippen LogP contribution in [0, 0.1) is 11.8 Å². The summed E-state index contributed by atoms with van der Waals surface area (Å²) in [6.07, 6.45) is 0.940. The molecule has 1 aromatic rings. The Morgan fingerprint density at radius 2 is 1.95 bits per heavy atom. The Morgan fingerprint density at radius 1 is 1.24 bits per heavy atom. The third-order valence-electron chi connectivity index (χ3n) is 4.45. The van der Waals surface area contributed by atoms with Crippen molar-refractivity contribution in [1.82, 2.24) is 9.62 Å². The van der Waals surface area contributed by atoms with Crippen molar-refractivity contribution >= 4 is 10.0 Å². The second-order valence-corrected chi connectivity index (χ2v) is 7.90. The van der Waals surface area contributed by atoms with Crippen molar-refractivity contribution in [2.75, 3.05) is 19.6 Å². The minimum Gasteiger partial charge on any atom is -0.313 e. The Bertz CT molecular complexity index is 571. The SMILES string of the molecule is CCNCc1ccccc1S(=O)(=O)N1CCC(C)C(C)C1. The molecule has 0 spiro atoms. The van der Waals surface area contributed by atoms with Crippen LogP contribution >= 0.6 is 0 Å². The van der Waals surface area contributed by atoms with Gasteiger partial charge in [-0.05, 0) is 36.4 Å². The molecule has 0 aromatic heterocycles. The highest BCUT2D eigenvalue weighted by atomic mass is 32.2. The van der Waals surface area contributed by atoms with Crippen LogP contribution in [0.15, 0.2) is 29.2 Å². The standard InChI is InChI=1S/C16H26N2O2S/c1-4-17-11-15-7-5-6-8-16(15)21(19,20)18-10-9-13(2)14(3)12-18/h5-8,13-14,17H,4,9-12H2,1-3H3. The van der Waals surface area contributed by atoms with E-state index in [-0.39, 0.29) is 0 Å². The second kappa shape index (κ2) is 6.90. The first-order valence-corrected chi connectivity index (χ1v) is 9.19. The average molecular weight is 310 g/mol. The lowest BCUT2D eigenvalue weighted by atomic mass is 9.90. The molecule has 0 aliphatic carbocycles. The van der Waals surface area contributed by atoms with Gasteiger partial charge in [0.25, 0.3) is 0 Å². The van der Waals surface area contributed by atoms with Crippen LogP contribution in [0.3, 0.4) is 0 Å². The normalized spacial score (nSPS) is 24.1. The largest absolute Gasteiger partial charge is 0.313 e. The van der Waals surface area contributed by atoms with Gasteiger partial charge in [-0.1, -0.05) is 39.0 Å². The Balaban J connectivity index is 2.27. The van der Waals surface area contributed by atoms with Crippen LogP contribution in [0.5, 0.6) is 0 Å². The van der Waals surface area contributed by atoms with Crippen LogP contribution < -0.4 is 5.32 Å². The maximum Gasteiger partial charge on any atom is 0.243 e. The first-order chi connectivity index (χ1) is 9.96. The highest BCUT2D eigenvalue weighted by Crippen LogP contribution is 2.28. The van der Waals surface area contributed by atoms with Gasteiger partial charge in [0.1, 0.15) is 0 Å². The molecule has 1 aromatic carbocycles. The Labute approximate surface area is 128 Å². The molecule has 2 rings (SSSR count). The van der Waals surface area contributed by atoms with Crippen molar-refractivity contribution in [3.05, 3.63) is 29.8 Å². The van der Waals surface area contributed by atoms with E-state index >= 15 is 0 Å². The van der Waals surface area contributed by atoms with Gasteiger partial charge in [0.15, 0.2) is 0 Å². The predicted molar refractivity (Wildman–Crippen MR) is 85.5 cm³/mol. The Kier molecular flexibility index (Phi) is 5.41. The van der Waals surface area contributed by atoms with Crippen molar-refractivity contribution in [3.63, 3.8) is 0 Å². The van der Waals surface area contributed by atoms with Gasteiger partial charge >= 0.3 is 0 Å². The topological polar surface area (TPSA) is 49.4 Å². The molecule has 5 heteroatoms. The lowest BCUT2D eigenvalue weighted by Crippen LogP contribution is -2.42. The number of benzene rings is 1. The highest BCUT2D eigenvalue weighted by molar-refractivity contribution is 7.89.